The first kappa shape index (κ1) is 12.6. The third-order valence-corrected chi connectivity index (χ3v) is 3.67. The number of likely N-dealkylation sites (tertiary alicyclic amines) is 1. The summed E-state index contributed by atoms with van der Waals surface area (Å²) in [5.41, 5.74) is 1.04. The van der Waals surface area contributed by atoms with Crippen molar-refractivity contribution in [2.24, 2.45) is 5.92 Å². The summed E-state index contributed by atoms with van der Waals surface area (Å²) in [6.45, 7) is 5.56. The van der Waals surface area contributed by atoms with Crippen LogP contribution in [0.25, 0.3) is 0 Å². The lowest BCUT2D eigenvalue weighted by Crippen LogP contribution is -2.35. The quantitative estimate of drug-likeness (QED) is 0.864. The number of rotatable bonds is 4. The second kappa shape index (κ2) is 6.18. The summed E-state index contributed by atoms with van der Waals surface area (Å²) in [4.78, 5) is 2.49. The Hall–Kier alpha value is -0.860. The second-order valence-electron chi connectivity index (χ2n) is 5.19. The van der Waals surface area contributed by atoms with Gasteiger partial charge in [-0.1, -0.05) is 43.7 Å². The second-order valence-corrected chi connectivity index (χ2v) is 5.19. The van der Waals surface area contributed by atoms with Crippen LogP contribution in [0, 0.1) is 5.92 Å². The van der Waals surface area contributed by atoms with Gasteiger partial charge in [-0.25, -0.2) is 0 Å². The maximum Gasteiger partial charge on any atom is 0.0827 e. The van der Waals surface area contributed by atoms with Crippen LogP contribution in [0.15, 0.2) is 30.3 Å². The van der Waals surface area contributed by atoms with Crippen LogP contribution < -0.4 is 0 Å². The molecule has 17 heavy (non-hydrogen) atoms. The van der Waals surface area contributed by atoms with E-state index in [2.05, 4.69) is 11.8 Å². The van der Waals surface area contributed by atoms with Gasteiger partial charge < -0.3 is 10.0 Å². The predicted octanol–water partition coefficient (Wildman–Crippen LogP) is 2.84. The Bertz CT molecular complexity index is 319. The lowest BCUT2D eigenvalue weighted by molar-refractivity contribution is 0.0820. The first-order chi connectivity index (χ1) is 8.27. The minimum absolute atomic E-state index is 0.301. The van der Waals surface area contributed by atoms with Crippen LogP contribution in [0.4, 0.5) is 0 Å². The monoisotopic (exact) mass is 233 g/mol. The normalized spacial score (nSPS) is 21.1. The van der Waals surface area contributed by atoms with Crippen molar-refractivity contribution in [2.45, 2.75) is 32.3 Å². The Morgan fingerprint density at radius 3 is 2.41 bits per heavy atom. The van der Waals surface area contributed by atoms with E-state index in [1.54, 1.807) is 0 Å². The molecule has 2 atom stereocenters. The Morgan fingerprint density at radius 1 is 1.12 bits per heavy atom. The van der Waals surface area contributed by atoms with Gasteiger partial charge in [0, 0.05) is 6.54 Å². The Balaban J connectivity index is 1.88. The van der Waals surface area contributed by atoms with Gasteiger partial charge in [-0.15, -0.1) is 0 Å². The summed E-state index contributed by atoms with van der Waals surface area (Å²) in [6.07, 6.45) is 3.66. The molecule has 2 heteroatoms. The van der Waals surface area contributed by atoms with E-state index in [4.69, 9.17) is 0 Å². The van der Waals surface area contributed by atoms with Crippen molar-refractivity contribution in [1.82, 2.24) is 4.90 Å². The number of aliphatic hydroxyl groups excluding tert-OH is 1. The van der Waals surface area contributed by atoms with Crippen molar-refractivity contribution in [2.75, 3.05) is 19.6 Å². The molecule has 2 rings (SSSR count). The van der Waals surface area contributed by atoms with Crippen LogP contribution in [0.1, 0.15) is 37.9 Å². The molecule has 1 N–H and O–H groups in total. The van der Waals surface area contributed by atoms with E-state index >= 15 is 0 Å². The highest BCUT2D eigenvalue weighted by atomic mass is 16.3. The molecule has 0 aliphatic carbocycles. The summed E-state index contributed by atoms with van der Waals surface area (Å²) in [6, 6.07) is 10.00. The molecule has 1 aromatic rings. The highest BCUT2D eigenvalue weighted by Crippen LogP contribution is 2.23. The summed E-state index contributed by atoms with van der Waals surface area (Å²) < 4.78 is 0. The fraction of sp³-hybridized carbons (Fsp3) is 0.600. The molecule has 0 unspecified atom stereocenters. The average molecular weight is 233 g/mol. The van der Waals surface area contributed by atoms with Crippen molar-refractivity contribution in [3.05, 3.63) is 35.9 Å². The van der Waals surface area contributed by atoms with Gasteiger partial charge in [0.05, 0.1) is 6.10 Å². The van der Waals surface area contributed by atoms with Crippen molar-refractivity contribution in [3.63, 3.8) is 0 Å². The van der Waals surface area contributed by atoms with E-state index in [-0.39, 0.29) is 6.10 Å². The molecule has 2 nitrogen and oxygen atoms in total. The highest BCUT2D eigenvalue weighted by molar-refractivity contribution is 5.17. The molecule has 0 radical (unpaired) electrons. The molecule has 0 spiro atoms. The van der Waals surface area contributed by atoms with Crippen molar-refractivity contribution < 1.29 is 5.11 Å². The fourth-order valence-electron chi connectivity index (χ4n) is 2.63. The molecule has 1 aromatic carbocycles. The summed E-state index contributed by atoms with van der Waals surface area (Å²) in [5, 5.41) is 10.3. The van der Waals surface area contributed by atoms with E-state index in [0.717, 1.165) is 12.1 Å². The zero-order valence-electron chi connectivity index (χ0n) is 10.7. The molecule has 0 saturated carbocycles. The molecule has 1 heterocycles. The number of piperidine rings is 1. The van der Waals surface area contributed by atoms with Crippen LogP contribution in [-0.4, -0.2) is 29.6 Å². The van der Waals surface area contributed by atoms with Crippen LogP contribution in [0.2, 0.25) is 0 Å². The Kier molecular flexibility index (Phi) is 4.57. The van der Waals surface area contributed by atoms with Gasteiger partial charge in [-0.05, 0) is 37.4 Å². The number of aliphatic hydroxyl groups is 1. The number of benzene rings is 1. The molecule has 1 aliphatic heterocycles. The van der Waals surface area contributed by atoms with Crippen LogP contribution >= 0.6 is 0 Å². The van der Waals surface area contributed by atoms with Crippen molar-refractivity contribution in [3.8, 4) is 0 Å². The number of nitrogens with zero attached hydrogens (tertiary/aromatic N) is 1. The largest absolute Gasteiger partial charge is 0.388 e. The SMILES string of the molecule is C[C@@H](CN1CCCCC1)[C@@H](O)c1ccccc1. The predicted molar refractivity (Wildman–Crippen MR) is 70.9 cm³/mol. The zero-order chi connectivity index (χ0) is 12.1. The highest BCUT2D eigenvalue weighted by Gasteiger charge is 2.20. The lowest BCUT2D eigenvalue weighted by Gasteiger charge is -2.31. The van der Waals surface area contributed by atoms with E-state index in [0.29, 0.717) is 5.92 Å². The fourth-order valence-corrected chi connectivity index (χ4v) is 2.63. The van der Waals surface area contributed by atoms with Crippen LogP contribution in [0.5, 0.6) is 0 Å². The molecular weight excluding hydrogens is 210 g/mol. The Morgan fingerprint density at radius 2 is 1.76 bits per heavy atom. The first-order valence-electron chi connectivity index (χ1n) is 6.73. The molecular formula is C15H23NO. The molecule has 1 aliphatic rings. The minimum atomic E-state index is -0.335. The standard InChI is InChI=1S/C15H23NO/c1-13(12-16-10-6-3-7-11-16)15(17)14-8-4-2-5-9-14/h2,4-5,8-9,13,15,17H,3,6-7,10-12H2,1H3/t13-,15+/m0/s1. The number of hydrogen-bond acceptors (Lipinski definition) is 2. The third-order valence-electron chi connectivity index (χ3n) is 3.67. The molecule has 1 fully saturated rings. The van der Waals surface area contributed by atoms with Gasteiger partial charge in [0.1, 0.15) is 0 Å². The zero-order valence-corrected chi connectivity index (χ0v) is 10.7. The third kappa shape index (κ3) is 3.55. The Labute approximate surface area is 104 Å². The molecule has 0 bridgehead atoms. The van der Waals surface area contributed by atoms with Gasteiger partial charge in [-0.2, -0.15) is 0 Å². The maximum atomic E-state index is 10.3. The molecule has 0 amide bonds. The smallest absolute Gasteiger partial charge is 0.0827 e. The van der Waals surface area contributed by atoms with Crippen LogP contribution in [0.3, 0.4) is 0 Å². The van der Waals surface area contributed by atoms with E-state index < -0.39 is 0 Å². The number of hydrogen-bond donors (Lipinski definition) is 1. The van der Waals surface area contributed by atoms with Gasteiger partial charge in [0.2, 0.25) is 0 Å². The van der Waals surface area contributed by atoms with Crippen molar-refractivity contribution in [1.29, 1.82) is 0 Å². The average Bonchev–Trinajstić information content (AvgIpc) is 2.40. The minimum Gasteiger partial charge on any atom is -0.388 e. The molecule has 94 valence electrons. The van der Waals surface area contributed by atoms with Gasteiger partial charge in [-0.3, -0.25) is 0 Å². The van der Waals surface area contributed by atoms with Gasteiger partial charge in [0.25, 0.3) is 0 Å². The summed E-state index contributed by atoms with van der Waals surface area (Å²) >= 11 is 0. The van der Waals surface area contributed by atoms with E-state index in [9.17, 15) is 5.11 Å². The first-order valence-corrected chi connectivity index (χ1v) is 6.73. The van der Waals surface area contributed by atoms with Crippen molar-refractivity contribution >= 4 is 0 Å². The maximum absolute atomic E-state index is 10.3. The van der Waals surface area contributed by atoms with Gasteiger partial charge >= 0.3 is 0 Å². The summed E-state index contributed by atoms with van der Waals surface area (Å²) in [5.74, 6) is 0.301. The van der Waals surface area contributed by atoms with E-state index in [1.165, 1.54) is 32.4 Å². The summed E-state index contributed by atoms with van der Waals surface area (Å²) in [7, 11) is 0. The molecule has 0 aromatic heterocycles. The lowest BCUT2D eigenvalue weighted by atomic mass is 9.96. The topological polar surface area (TPSA) is 23.5 Å². The molecule has 1 saturated heterocycles. The van der Waals surface area contributed by atoms with Crippen LogP contribution in [-0.2, 0) is 0 Å². The van der Waals surface area contributed by atoms with Gasteiger partial charge in [0.15, 0.2) is 0 Å². The van der Waals surface area contributed by atoms with E-state index in [1.807, 2.05) is 30.3 Å².